The van der Waals surface area contributed by atoms with Crippen molar-refractivity contribution in [1.29, 1.82) is 0 Å². The Bertz CT molecular complexity index is 586. The summed E-state index contributed by atoms with van der Waals surface area (Å²) < 4.78 is 19.6. The van der Waals surface area contributed by atoms with Gasteiger partial charge >= 0.3 is 0 Å². The van der Waals surface area contributed by atoms with Gasteiger partial charge in [0.1, 0.15) is 18.2 Å². The minimum Gasteiger partial charge on any atom is -0.489 e. The molecule has 0 amide bonds. The Balaban J connectivity index is 2.10. The van der Waals surface area contributed by atoms with Crippen LogP contribution in [0.4, 0.5) is 4.39 Å². The standard InChI is InChI=1S/C16H17BrFNO/c1-11(19)8-12-4-2-3-5-16(12)20-10-13-6-7-14(18)9-15(13)17/h2-7,9,11H,8,10,19H2,1H3. The molecular weight excluding hydrogens is 321 g/mol. The Hall–Kier alpha value is -1.39. The van der Waals surface area contributed by atoms with Crippen LogP contribution in [0.25, 0.3) is 0 Å². The van der Waals surface area contributed by atoms with Gasteiger partial charge in [-0.2, -0.15) is 0 Å². The summed E-state index contributed by atoms with van der Waals surface area (Å²) in [7, 11) is 0. The molecule has 0 bridgehead atoms. The smallest absolute Gasteiger partial charge is 0.124 e. The summed E-state index contributed by atoms with van der Waals surface area (Å²) in [4.78, 5) is 0. The van der Waals surface area contributed by atoms with Crippen molar-refractivity contribution in [2.45, 2.75) is 26.0 Å². The first-order valence-electron chi connectivity index (χ1n) is 6.46. The van der Waals surface area contributed by atoms with E-state index in [0.29, 0.717) is 11.1 Å². The van der Waals surface area contributed by atoms with E-state index in [-0.39, 0.29) is 11.9 Å². The number of benzene rings is 2. The van der Waals surface area contributed by atoms with Crippen molar-refractivity contribution in [1.82, 2.24) is 0 Å². The Morgan fingerprint density at radius 2 is 1.95 bits per heavy atom. The van der Waals surface area contributed by atoms with Gasteiger partial charge in [-0.05, 0) is 37.1 Å². The molecule has 4 heteroatoms. The molecule has 0 aliphatic carbocycles. The Labute approximate surface area is 126 Å². The first-order chi connectivity index (χ1) is 9.56. The number of ether oxygens (including phenoxy) is 1. The van der Waals surface area contributed by atoms with Crippen molar-refractivity contribution in [3.8, 4) is 5.75 Å². The average molecular weight is 338 g/mol. The molecule has 2 aromatic carbocycles. The van der Waals surface area contributed by atoms with Crippen molar-refractivity contribution in [2.75, 3.05) is 0 Å². The zero-order chi connectivity index (χ0) is 14.5. The van der Waals surface area contributed by atoms with Gasteiger partial charge in [0, 0.05) is 16.1 Å². The SMILES string of the molecule is CC(N)Cc1ccccc1OCc1ccc(F)cc1Br. The maximum atomic E-state index is 13.0. The van der Waals surface area contributed by atoms with Gasteiger partial charge in [0.15, 0.2) is 0 Å². The number of rotatable bonds is 5. The molecule has 0 saturated heterocycles. The molecule has 0 aliphatic heterocycles. The molecule has 0 spiro atoms. The quantitative estimate of drug-likeness (QED) is 0.892. The lowest BCUT2D eigenvalue weighted by molar-refractivity contribution is 0.301. The number of para-hydroxylation sites is 1. The Kier molecular flexibility index (Phi) is 5.15. The van der Waals surface area contributed by atoms with Gasteiger partial charge in [-0.1, -0.05) is 40.2 Å². The van der Waals surface area contributed by atoms with Gasteiger partial charge in [0.2, 0.25) is 0 Å². The lowest BCUT2D eigenvalue weighted by Gasteiger charge is -2.13. The molecule has 1 atom stereocenters. The highest BCUT2D eigenvalue weighted by Gasteiger charge is 2.07. The second kappa shape index (κ2) is 6.86. The summed E-state index contributed by atoms with van der Waals surface area (Å²) in [6.45, 7) is 2.35. The second-order valence-electron chi connectivity index (χ2n) is 4.81. The van der Waals surface area contributed by atoms with E-state index in [1.165, 1.54) is 12.1 Å². The second-order valence-corrected chi connectivity index (χ2v) is 5.67. The molecule has 106 valence electrons. The van der Waals surface area contributed by atoms with Crippen LogP contribution in [0.3, 0.4) is 0 Å². The summed E-state index contributed by atoms with van der Waals surface area (Å²) in [6.07, 6.45) is 0.765. The van der Waals surface area contributed by atoms with Gasteiger partial charge in [-0.15, -0.1) is 0 Å². The van der Waals surface area contributed by atoms with E-state index >= 15 is 0 Å². The molecule has 2 N–H and O–H groups in total. The minimum absolute atomic E-state index is 0.0808. The van der Waals surface area contributed by atoms with E-state index in [1.807, 2.05) is 31.2 Å². The zero-order valence-electron chi connectivity index (χ0n) is 11.3. The first kappa shape index (κ1) is 15.0. The summed E-state index contributed by atoms with van der Waals surface area (Å²) in [6, 6.07) is 12.5. The summed E-state index contributed by atoms with van der Waals surface area (Å²) >= 11 is 3.34. The van der Waals surface area contributed by atoms with E-state index in [2.05, 4.69) is 15.9 Å². The predicted molar refractivity (Wildman–Crippen MR) is 82.2 cm³/mol. The monoisotopic (exact) mass is 337 g/mol. The Morgan fingerprint density at radius 1 is 1.20 bits per heavy atom. The molecule has 0 fully saturated rings. The van der Waals surface area contributed by atoms with Crippen molar-refractivity contribution in [3.05, 3.63) is 63.9 Å². The van der Waals surface area contributed by atoms with Gasteiger partial charge in [0.25, 0.3) is 0 Å². The molecule has 0 radical (unpaired) electrons. The topological polar surface area (TPSA) is 35.2 Å². The number of nitrogens with two attached hydrogens (primary N) is 1. The third kappa shape index (κ3) is 4.05. The molecule has 2 rings (SSSR count). The van der Waals surface area contributed by atoms with Gasteiger partial charge < -0.3 is 10.5 Å². The fourth-order valence-electron chi connectivity index (χ4n) is 1.95. The predicted octanol–water partition coefficient (Wildman–Crippen LogP) is 4.06. The summed E-state index contributed by atoms with van der Waals surface area (Å²) in [5.41, 5.74) is 7.83. The molecule has 0 saturated carbocycles. The third-order valence-corrected chi connectivity index (χ3v) is 3.65. The maximum Gasteiger partial charge on any atom is 0.124 e. The number of halogens is 2. The molecule has 1 unspecified atom stereocenters. The zero-order valence-corrected chi connectivity index (χ0v) is 12.9. The average Bonchev–Trinajstić information content (AvgIpc) is 2.39. The first-order valence-corrected chi connectivity index (χ1v) is 7.26. The van der Waals surface area contributed by atoms with Crippen LogP contribution in [0.5, 0.6) is 5.75 Å². The van der Waals surface area contributed by atoms with Gasteiger partial charge in [-0.25, -0.2) is 4.39 Å². The fraction of sp³-hybridized carbons (Fsp3) is 0.250. The van der Waals surface area contributed by atoms with Crippen molar-refractivity contribution in [2.24, 2.45) is 5.73 Å². The lowest BCUT2D eigenvalue weighted by atomic mass is 10.1. The van der Waals surface area contributed by atoms with Gasteiger partial charge in [-0.3, -0.25) is 0 Å². The van der Waals surface area contributed by atoms with E-state index in [9.17, 15) is 4.39 Å². The highest BCUT2D eigenvalue weighted by Crippen LogP contribution is 2.23. The largest absolute Gasteiger partial charge is 0.489 e. The van der Waals surface area contributed by atoms with E-state index in [4.69, 9.17) is 10.5 Å². The fourth-order valence-corrected chi connectivity index (χ4v) is 2.42. The maximum absolute atomic E-state index is 13.0. The molecule has 20 heavy (non-hydrogen) atoms. The van der Waals surface area contributed by atoms with Crippen LogP contribution >= 0.6 is 15.9 Å². The summed E-state index contributed by atoms with van der Waals surface area (Å²) in [5, 5.41) is 0. The van der Waals surface area contributed by atoms with Gasteiger partial charge in [0.05, 0.1) is 0 Å². The summed E-state index contributed by atoms with van der Waals surface area (Å²) in [5.74, 6) is 0.555. The van der Waals surface area contributed by atoms with Crippen LogP contribution < -0.4 is 10.5 Å². The van der Waals surface area contributed by atoms with Crippen molar-refractivity contribution >= 4 is 15.9 Å². The molecule has 0 aliphatic rings. The highest BCUT2D eigenvalue weighted by molar-refractivity contribution is 9.10. The molecular formula is C16H17BrFNO. The number of hydrogen-bond donors (Lipinski definition) is 1. The highest BCUT2D eigenvalue weighted by atomic mass is 79.9. The van der Waals surface area contributed by atoms with Crippen molar-refractivity contribution in [3.63, 3.8) is 0 Å². The molecule has 2 aromatic rings. The van der Waals surface area contributed by atoms with Crippen LogP contribution in [0.15, 0.2) is 46.9 Å². The molecule has 0 heterocycles. The van der Waals surface area contributed by atoms with E-state index < -0.39 is 0 Å². The lowest BCUT2D eigenvalue weighted by Crippen LogP contribution is -2.18. The third-order valence-electron chi connectivity index (χ3n) is 2.91. The van der Waals surface area contributed by atoms with Crippen LogP contribution in [-0.4, -0.2) is 6.04 Å². The normalized spacial score (nSPS) is 12.2. The van der Waals surface area contributed by atoms with Crippen LogP contribution in [0.1, 0.15) is 18.1 Å². The van der Waals surface area contributed by atoms with Crippen molar-refractivity contribution < 1.29 is 9.13 Å². The van der Waals surface area contributed by atoms with Crippen LogP contribution in [0, 0.1) is 5.82 Å². The van der Waals surface area contributed by atoms with Crippen LogP contribution in [0.2, 0.25) is 0 Å². The number of hydrogen-bond acceptors (Lipinski definition) is 2. The van der Waals surface area contributed by atoms with E-state index in [0.717, 1.165) is 23.3 Å². The minimum atomic E-state index is -0.266. The molecule has 0 aromatic heterocycles. The van der Waals surface area contributed by atoms with E-state index in [1.54, 1.807) is 6.07 Å². The molecule has 2 nitrogen and oxygen atoms in total. The Morgan fingerprint density at radius 3 is 2.65 bits per heavy atom. The van der Waals surface area contributed by atoms with Crippen LogP contribution in [-0.2, 0) is 13.0 Å².